The van der Waals surface area contributed by atoms with Gasteiger partial charge in [0.2, 0.25) is 0 Å². The van der Waals surface area contributed by atoms with Crippen molar-refractivity contribution >= 4 is 21.8 Å². The minimum atomic E-state index is -0.0746. The molecule has 17 heavy (non-hydrogen) atoms. The Morgan fingerprint density at radius 1 is 1.65 bits per heavy atom. The first-order valence-corrected chi connectivity index (χ1v) is 6.78. The number of carbonyl (C=O) groups excluding carboxylic acids is 1. The summed E-state index contributed by atoms with van der Waals surface area (Å²) in [5, 5.41) is 6.29. The number of hydrogen-bond acceptors (Lipinski definition) is 3. The van der Waals surface area contributed by atoms with Gasteiger partial charge in [-0.25, -0.2) is 0 Å². The maximum absolute atomic E-state index is 11.8. The second kappa shape index (κ2) is 6.21. The van der Waals surface area contributed by atoms with Crippen LogP contribution in [0.25, 0.3) is 0 Å². The van der Waals surface area contributed by atoms with Gasteiger partial charge in [0, 0.05) is 6.54 Å². The zero-order chi connectivity index (χ0) is 12.1. The van der Waals surface area contributed by atoms with Crippen molar-refractivity contribution < 1.29 is 9.21 Å². The lowest BCUT2D eigenvalue weighted by molar-refractivity contribution is 0.0949. The Balaban J connectivity index is 1.71. The monoisotopic (exact) mass is 300 g/mol. The predicted octanol–water partition coefficient (Wildman–Crippen LogP) is 2.16. The molecule has 1 atom stereocenters. The fourth-order valence-electron chi connectivity index (χ4n) is 2.11. The summed E-state index contributed by atoms with van der Waals surface area (Å²) in [5.74, 6) is 0.617. The lowest BCUT2D eigenvalue weighted by Crippen LogP contribution is -2.33. The molecule has 2 rings (SSSR count). The summed E-state index contributed by atoms with van der Waals surface area (Å²) in [7, 11) is 0. The third-order valence-electron chi connectivity index (χ3n) is 3.10. The van der Waals surface area contributed by atoms with E-state index in [0.717, 1.165) is 26.1 Å². The highest BCUT2D eigenvalue weighted by Gasteiger charge is 2.15. The van der Waals surface area contributed by atoms with E-state index >= 15 is 0 Å². The first-order valence-electron chi connectivity index (χ1n) is 5.99. The Labute approximate surface area is 109 Å². The van der Waals surface area contributed by atoms with Gasteiger partial charge in [0.05, 0.1) is 11.8 Å². The minimum Gasteiger partial charge on any atom is -0.457 e. The fourth-order valence-corrected chi connectivity index (χ4v) is 2.53. The lowest BCUT2D eigenvalue weighted by atomic mass is 9.96. The van der Waals surface area contributed by atoms with Crippen LogP contribution in [0.3, 0.4) is 0 Å². The SMILES string of the molecule is O=C(NCCC1CCCNC1)c1ccoc1Br. The molecule has 0 radical (unpaired) electrons. The molecule has 1 saturated heterocycles. The topological polar surface area (TPSA) is 54.3 Å². The maximum atomic E-state index is 11.8. The molecular formula is C12H17BrN2O2. The molecule has 0 bridgehead atoms. The van der Waals surface area contributed by atoms with Crippen LogP contribution in [0.2, 0.25) is 0 Å². The summed E-state index contributed by atoms with van der Waals surface area (Å²) >= 11 is 3.20. The number of furan rings is 1. The quantitative estimate of drug-likeness (QED) is 0.896. The van der Waals surface area contributed by atoms with Gasteiger partial charge in [0.15, 0.2) is 4.67 Å². The van der Waals surface area contributed by atoms with Crippen molar-refractivity contribution in [1.29, 1.82) is 0 Å². The minimum absolute atomic E-state index is 0.0746. The van der Waals surface area contributed by atoms with Gasteiger partial charge in [-0.1, -0.05) is 0 Å². The highest BCUT2D eigenvalue weighted by Crippen LogP contribution is 2.17. The molecule has 1 unspecified atom stereocenters. The Morgan fingerprint density at radius 3 is 3.18 bits per heavy atom. The van der Waals surface area contributed by atoms with E-state index in [1.807, 2.05) is 0 Å². The molecule has 1 fully saturated rings. The van der Waals surface area contributed by atoms with Crippen molar-refractivity contribution in [3.8, 4) is 0 Å². The molecule has 1 aromatic rings. The Hall–Kier alpha value is -0.810. The summed E-state index contributed by atoms with van der Waals surface area (Å²) < 4.78 is 5.52. The van der Waals surface area contributed by atoms with Gasteiger partial charge in [-0.05, 0) is 60.3 Å². The van der Waals surface area contributed by atoms with E-state index < -0.39 is 0 Å². The highest BCUT2D eigenvalue weighted by molar-refractivity contribution is 9.10. The summed E-state index contributed by atoms with van der Waals surface area (Å²) in [4.78, 5) is 11.8. The highest BCUT2D eigenvalue weighted by atomic mass is 79.9. The van der Waals surface area contributed by atoms with Gasteiger partial charge in [0.25, 0.3) is 5.91 Å². The number of nitrogens with one attached hydrogen (secondary N) is 2. The molecule has 2 N–H and O–H groups in total. The van der Waals surface area contributed by atoms with Crippen LogP contribution < -0.4 is 10.6 Å². The van der Waals surface area contributed by atoms with E-state index in [9.17, 15) is 4.79 Å². The molecule has 1 amide bonds. The fraction of sp³-hybridized carbons (Fsp3) is 0.583. The zero-order valence-electron chi connectivity index (χ0n) is 9.67. The molecule has 2 heterocycles. The van der Waals surface area contributed by atoms with Crippen molar-refractivity contribution in [2.75, 3.05) is 19.6 Å². The maximum Gasteiger partial charge on any atom is 0.255 e. The zero-order valence-corrected chi connectivity index (χ0v) is 11.3. The number of hydrogen-bond donors (Lipinski definition) is 2. The van der Waals surface area contributed by atoms with E-state index in [0.29, 0.717) is 16.2 Å². The summed E-state index contributed by atoms with van der Waals surface area (Å²) in [6.07, 6.45) is 5.04. The smallest absolute Gasteiger partial charge is 0.255 e. The molecule has 0 spiro atoms. The lowest BCUT2D eigenvalue weighted by Gasteiger charge is -2.22. The van der Waals surface area contributed by atoms with E-state index in [-0.39, 0.29) is 5.91 Å². The van der Waals surface area contributed by atoms with E-state index in [2.05, 4.69) is 26.6 Å². The number of halogens is 1. The third kappa shape index (κ3) is 3.57. The van der Waals surface area contributed by atoms with Crippen LogP contribution in [-0.4, -0.2) is 25.5 Å². The van der Waals surface area contributed by atoms with Crippen LogP contribution in [0.4, 0.5) is 0 Å². The first-order chi connectivity index (χ1) is 8.27. The summed E-state index contributed by atoms with van der Waals surface area (Å²) in [6.45, 7) is 2.93. The molecule has 5 heteroatoms. The van der Waals surface area contributed by atoms with Crippen LogP contribution in [0.15, 0.2) is 21.4 Å². The van der Waals surface area contributed by atoms with Crippen molar-refractivity contribution in [1.82, 2.24) is 10.6 Å². The van der Waals surface area contributed by atoms with E-state index in [1.165, 1.54) is 19.1 Å². The summed E-state index contributed by atoms with van der Waals surface area (Å²) in [6, 6.07) is 1.67. The van der Waals surface area contributed by atoms with Crippen LogP contribution in [0, 0.1) is 5.92 Å². The molecule has 1 aliphatic rings. The number of amides is 1. The van der Waals surface area contributed by atoms with Gasteiger partial charge in [-0.3, -0.25) is 4.79 Å². The Bertz CT molecular complexity index is 372. The van der Waals surface area contributed by atoms with Crippen molar-refractivity contribution in [3.05, 3.63) is 22.6 Å². The first kappa shape index (κ1) is 12.6. The van der Waals surface area contributed by atoms with Crippen LogP contribution >= 0.6 is 15.9 Å². The molecule has 1 aliphatic heterocycles. The van der Waals surface area contributed by atoms with Crippen molar-refractivity contribution in [3.63, 3.8) is 0 Å². The normalized spacial score (nSPS) is 20.2. The average molecular weight is 301 g/mol. The Morgan fingerprint density at radius 2 is 2.53 bits per heavy atom. The van der Waals surface area contributed by atoms with E-state index in [1.54, 1.807) is 6.07 Å². The summed E-state index contributed by atoms with van der Waals surface area (Å²) in [5.41, 5.74) is 0.562. The standard InChI is InChI=1S/C12H17BrN2O2/c13-11-10(4-7-17-11)12(16)15-6-3-9-2-1-5-14-8-9/h4,7,9,14H,1-3,5-6,8H2,(H,15,16). The third-order valence-corrected chi connectivity index (χ3v) is 3.71. The molecule has 4 nitrogen and oxygen atoms in total. The average Bonchev–Trinajstić information content (AvgIpc) is 2.77. The van der Waals surface area contributed by atoms with Gasteiger partial charge in [0.1, 0.15) is 0 Å². The van der Waals surface area contributed by atoms with Crippen LogP contribution in [0.1, 0.15) is 29.6 Å². The second-order valence-corrected chi connectivity index (χ2v) is 5.09. The molecule has 94 valence electrons. The molecule has 0 saturated carbocycles. The number of rotatable bonds is 4. The van der Waals surface area contributed by atoms with Gasteiger partial charge in [-0.15, -0.1) is 0 Å². The largest absolute Gasteiger partial charge is 0.457 e. The molecule has 0 aliphatic carbocycles. The van der Waals surface area contributed by atoms with Gasteiger partial charge < -0.3 is 15.1 Å². The van der Waals surface area contributed by atoms with Gasteiger partial charge in [-0.2, -0.15) is 0 Å². The van der Waals surface area contributed by atoms with Crippen LogP contribution in [-0.2, 0) is 0 Å². The predicted molar refractivity (Wildman–Crippen MR) is 69.0 cm³/mol. The Kier molecular flexibility index (Phi) is 4.62. The molecule has 0 aromatic carbocycles. The van der Waals surface area contributed by atoms with Crippen LogP contribution in [0.5, 0.6) is 0 Å². The van der Waals surface area contributed by atoms with Crippen molar-refractivity contribution in [2.45, 2.75) is 19.3 Å². The van der Waals surface area contributed by atoms with Crippen molar-refractivity contribution in [2.24, 2.45) is 5.92 Å². The van der Waals surface area contributed by atoms with Gasteiger partial charge >= 0.3 is 0 Å². The number of piperidine rings is 1. The molecule has 1 aromatic heterocycles. The van der Waals surface area contributed by atoms with E-state index in [4.69, 9.17) is 4.42 Å². The second-order valence-electron chi connectivity index (χ2n) is 4.36. The number of carbonyl (C=O) groups is 1. The molecular weight excluding hydrogens is 284 g/mol.